The predicted molar refractivity (Wildman–Crippen MR) is 76.0 cm³/mol. The lowest BCUT2D eigenvalue weighted by Crippen LogP contribution is -2.30. The van der Waals surface area contributed by atoms with Crippen molar-refractivity contribution in [3.05, 3.63) is 36.0 Å². The van der Waals surface area contributed by atoms with Gasteiger partial charge in [0, 0.05) is 43.5 Å². The van der Waals surface area contributed by atoms with Gasteiger partial charge in [-0.1, -0.05) is 0 Å². The summed E-state index contributed by atoms with van der Waals surface area (Å²) < 4.78 is 27.3. The summed E-state index contributed by atoms with van der Waals surface area (Å²) in [6.07, 6.45) is 2.23. The van der Waals surface area contributed by atoms with Gasteiger partial charge in [0.1, 0.15) is 11.3 Å². The first-order valence-electron chi connectivity index (χ1n) is 6.80. The highest BCUT2D eigenvalue weighted by Crippen LogP contribution is 2.31. The van der Waals surface area contributed by atoms with E-state index in [-0.39, 0.29) is 17.3 Å². The molecule has 6 heteroatoms. The van der Waals surface area contributed by atoms with Crippen molar-refractivity contribution in [2.75, 3.05) is 25.0 Å². The summed E-state index contributed by atoms with van der Waals surface area (Å²) in [6.45, 7) is 1.21. The third-order valence-electron chi connectivity index (χ3n) is 3.89. The first kappa shape index (κ1) is 13.7. The molecule has 0 saturated carbocycles. The molecule has 3 rings (SSSR count). The molecule has 0 bridgehead atoms. The van der Waals surface area contributed by atoms with Crippen LogP contribution in [0.3, 0.4) is 0 Å². The van der Waals surface area contributed by atoms with Crippen LogP contribution in [0.1, 0.15) is 6.42 Å². The normalized spacial score (nSPS) is 18.2. The number of hydrogen-bond donors (Lipinski definition) is 1. The van der Waals surface area contributed by atoms with Gasteiger partial charge in [-0.2, -0.15) is 0 Å². The van der Waals surface area contributed by atoms with E-state index in [1.54, 1.807) is 13.1 Å². The van der Waals surface area contributed by atoms with Crippen molar-refractivity contribution in [3.63, 3.8) is 0 Å². The Balaban J connectivity index is 2.00. The second kappa shape index (κ2) is 5.27. The zero-order valence-electron chi connectivity index (χ0n) is 11.6. The average molecular weight is 291 g/mol. The lowest BCUT2D eigenvalue weighted by atomic mass is 10.1. The lowest BCUT2D eigenvalue weighted by molar-refractivity contribution is -0.123. The SMILES string of the molecule is CNC(=O)C1CCN(c2ccnc3c(F)cc(F)cc23)C1. The highest BCUT2D eigenvalue weighted by atomic mass is 19.1. The van der Waals surface area contributed by atoms with Crippen molar-refractivity contribution in [3.8, 4) is 0 Å². The van der Waals surface area contributed by atoms with E-state index in [4.69, 9.17) is 0 Å². The van der Waals surface area contributed by atoms with Gasteiger partial charge >= 0.3 is 0 Å². The maximum Gasteiger partial charge on any atom is 0.224 e. The fraction of sp³-hybridized carbons (Fsp3) is 0.333. The molecule has 1 amide bonds. The Morgan fingerprint density at radius 2 is 2.24 bits per heavy atom. The van der Waals surface area contributed by atoms with E-state index in [0.29, 0.717) is 24.2 Å². The Hall–Kier alpha value is -2.24. The summed E-state index contributed by atoms with van der Waals surface area (Å²) in [5.41, 5.74) is 0.863. The van der Waals surface area contributed by atoms with Gasteiger partial charge in [0.2, 0.25) is 5.91 Å². The van der Waals surface area contributed by atoms with Crippen molar-refractivity contribution in [1.29, 1.82) is 0 Å². The molecule has 0 radical (unpaired) electrons. The Morgan fingerprint density at radius 1 is 1.43 bits per heavy atom. The molecule has 1 atom stereocenters. The first-order chi connectivity index (χ1) is 10.1. The number of rotatable bonds is 2. The number of anilines is 1. The van der Waals surface area contributed by atoms with Gasteiger partial charge < -0.3 is 10.2 Å². The summed E-state index contributed by atoms with van der Waals surface area (Å²) in [6, 6.07) is 3.85. The van der Waals surface area contributed by atoms with Gasteiger partial charge in [-0.05, 0) is 18.6 Å². The van der Waals surface area contributed by atoms with Crippen LogP contribution in [0.2, 0.25) is 0 Å². The van der Waals surface area contributed by atoms with E-state index in [9.17, 15) is 13.6 Å². The fourth-order valence-electron chi connectivity index (χ4n) is 2.84. The molecule has 1 aromatic heterocycles. The molecular weight excluding hydrogens is 276 g/mol. The third kappa shape index (κ3) is 2.41. The van der Waals surface area contributed by atoms with E-state index in [2.05, 4.69) is 10.3 Å². The number of nitrogens with zero attached hydrogens (tertiary/aromatic N) is 2. The van der Waals surface area contributed by atoms with Gasteiger partial charge in [-0.15, -0.1) is 0 Å². The van der Waals surface area contributed by atoms with Crippen LogP contribution in [0.15, 0.2) is 24.4 Å². The molecule has 1 aliphatic heterocycles. The Labute approximate surface area is 120 Å². The molecule has 1 unspecified atom stereocenters. The molecule has 4 nitrogen and oxygen atoms in total. The Morgan fingerprint density at radius 3 is 3.00 bits per heavy atom. The van der Waals surface area contributed by atoms with Gasteiger partial charge in [0.25, 0.3) is 0 Å². The van der Waals surface area contributed by atoms with Crippen molar-refractivity contribution in [2.45, 2.75) is 6.42 Å². The highest BCUT2D eigenvalue weighted by molar-refractivity contribution is 5.92. The van der Waals surface area contributed by atoms with Crippen molar-refractivity contribution < 1.29 is 13.6 Å². The molecule has 110 valence electrons. The minimum atomic E-state index is -0.672. The zero-order valence-corrected chi connectivity index (χ0v) is 11.6. The van der Waals surface area contributed by atoms with E-state index in [0.717, 1.165) is 12.5 Å². The molecule has 0 aliphatic carbocycles. The van der Waals surface area contributed by atoms with Crippen molar-refractivity contribution in [2.24, 2.45) is 5.92 Å². The van der Waals surface area contributed by atoms with Crippen LogP contribution < -0.4 is 10.2 Å². The second-order valence-corrected chi connectivity index (χ2v) is 5.16. The number of aromatic nitrogens is 1. The summed E-state index contributed by atoms with van der Waals surface area (Å²) in [5, 5.41) is 3.07. The van der Waals surface area contributed by atoms with Crippen LogP contribution in [0, 0.1) is 17.6 Å². The molecule has 1 aliphatic rings. The summed E-state index contributed by atoms with van der Waals surface area (Å²) >= 11 is 0. The standard InChI is InChI=1S/C15H15F2N3O/c1-18-15(21)9-3-5-20(8-9)13-2-4-19-14-11(13)6-10(16)7-12(14)17/h2,4,6-7,9H,3,5,8H2,1H3,(H,18,21). The topological polar surface area (TPSA) is 45.2 Å². The molecule has 0 spiro atoms. The van der Waals surface area contributed by atoms with E-state index in [1.807, 2.05) is 4.90 Å². The van der Waals surface area contributed by atoms with Crippen LogP contribution in [-0.4, -0.2) is 31.0 Å². The van der Waals surface area contributed by atoms with Gasteiger partial charge in [0.15, 0.2) is 5.82 Å². The predicted octanol–water partition coefficient (Wildman–Crippen LogP) is 2.09. The number of carbonyl (C=O) groups excluding carboxylic acids is 1. The second-order valence-electron chi connectivity index (χ2n) is 5.16. The molecule has 1 saturated heterocycles. The van der Waals surface area contributed by atoms with Gasteiger partial charge in [0.05, 0.1) is 5.92 Å². The van der Waals surface area contributed by atoms with E-state index >= 15 is 0 Å². The molecule has 2 aromatic rings. The maximum atomic E-state index is 13.8. The average Bonchev–Trinajstić information content (AvgIpc) is 2.95. The highest BCUT2D eigenvalue weighted by Gasteiger charge is 2.28. The van der Waals surface area contributed by atoms with Gasteiger partial charge in [-0.25, -0.2) is 8.78 Å². The number of pyridine rings is 1. The summed E-state index contributed by atoms with van der Waals surface area (Å²) in [5.74, 6) is -1.41. The third-order valence-corrected chi connectivity index (χ3v) is 3.89. The molecule has 21 heavy (non-hydrogen) atoms. The number of halogens is 2. The minimum Gasteiger partial charge on any atom is -0.370 e. The molecule has 1 aromatic carbocycles. The van der Waals surface area contributed by atoms with Crippen LogP contribution in [0.4, 0.5) is 14.5 Å². The van der Waals surface area contributed by atoms with Crippen LogP contribution in [-0.2, 0) is 4.79 Å². The lowest BCUT2D eigenvalue weighted by Gasteiger charge is -2.20. The van der Waals surface area contributed by atoms with E-state index in [1.165, 1.54) is 12.3 Å². The number of amides is 1. The Bertz CT molecular complexity index is 705. The van der Waals surface area contributed by atoms with Gasteiger partial charge in [-0.3, -0.25) is 9.78 Å². The number of fused-ring (bicyclic) bond motifs is 1. The Kier molecular flexibility index (Phi) is 3.45. The summed E-state index contributed by atoms with van der Waals surface area (Å²) in [4.78, 5) is 17.6. The summed E-state index contributed by atoms with van der Waals surface area (Å²) in [7, 11) is 1.61. The van der Waals surface area contributed by atoms with E-state index < -0.39 is 11.6 Å². The molecule has 1 N–H and O–H groups in total. The molecule has 1 fully saturated rings. The molecule has 2 heterocycles. The zero-order chi connectivity index (χ0) is 15.0. The molecular formula is C15H15F2N3O. The number of benzene rings is 1. The maximum absolute atomic E-state index is 13.8. The van der Waals surface area contributed by atoms with Crippen LogP contribution in [0.25, 0.3) is 10.9 Å². The number of carbonyl (C=O) groups is 1. The number of nitrogens with one attached hydrogen (secondary N) is 1. The minimum absolute atomic E-state index is 0.00628. The first-order valence-corrected chi connectivity index (χ1v) is 6.80. The fourth-order valence-corrected chi connectivity index (χ4v) is 2.84. The van der Waals surface area contributed by atoms with Crippen LogP contribution in [0.5, 0.6) is 0 Å². The quantitative estimate of drug-likeness (QED) is 0.921. The van der Waals surface area contributed by atoms with Crippen LogP contribution >= 0.6 is 0 Å². The largest absolute Gasteiger partial charge is 0.370 e. The smallest absolute Gasteiger partial charge is 0.224 e. The monoisotopic (exact) mass is 291 g/mol. The van der Waals surface area contributed by atoms with Crippen molar-refractivity contribution in [1.82, 2.24) is 10.3 Å². The van der Waals surface area contributed by atoms with Crippen molar-refractivity contribution >= 4 is 22.5 Å². The number of hydrogen-bond acceptors (Lipinski definition) is 3.